The standard InChI is InChI=1S/C31H50N4/c1-5-9-25-35(24-8-4)31-18-14-29(15-19-31)27-33-21-11-10-20-32-26-28-12-16-30(17-13-28)34(22-6-2)23-7-3/h5,12-19,32-33H,1,6-11,20-27H2,2-4H3. The highest BCUT2D eigenvalue weighted by Gasteiger charge is 2.05. The molecule has 0 spiro atoms. The fourth-order valence-corrected chi connectivity index (χ4v) is 4.41. The van der Waals surface area contributed by atoms with Crippen molar-refractivity contribution in [1.29, 1.82) is 0 Å². The minimum absolute atomic E-state index is 0.938. The fraction of sp³-hybridized carbons (Fsp3) is 0.548. The molecule has 0 bridgehead atoms. The molecule has 2 N–H and O–H groups in total. The molecule has 0 aromatic heterocycles. The van der Waals surface area contributed by atoms with E-state index in [0.29, 0.717) is 0 Å². The molecule has 0 saturated carbocycles. The number of hydrogen-bond acceptors (Lipinski definition) is 4. The van der Waals surface area contributed by atoms with Gasteiger partial charge in [-0.3, -0.25) is 0 Å². The second-order valence-electron chi connectivity index (χ2n) is 9.45. The third-order valence-electron chi connectivity index (χ3n) is 6.30. The zero-order valence-electron chi connectivity index (χ0n) is 22.7. The van der Waals surface area contributed by atoms with Crippen molar-refractivity contribution in [3.05, 3.63) is 72.3 Å². The molecule has 0 saturated heterocycles. The van der Waals surface area contributed by atoms with E-state index in [1.807, 2.05) is 6.08 Å². The van der Waals surface area contributed by atoms with Crippen LogP contribution in [0.15, 0.2) is 61.2 Å². The van der Waals surface area contributed by atoms with Crippen LogP contribution in [0.3, 0.4) is 0 Å². The van der Waals surface area contributed by atoms with E-state index >= 15 is 0 Å². The summed E-state index contributed by atoms with van der Waals surface area (Å²) in [5.41, 5.74) is 5.39. The molecule has 4 heteroatoms. The highest BCUT2D eigenvalue weighted by molar-refractivity contribution is 5.48. The monoisotopic (exact) mass is 478 g/mol. The van der Waals surface area contributed by atoms with E-state index in [4.69, 9.17) is 0 Å². The first-order valence-corrected chi connectivity index (χ1v) is 13.9. The number of hydrogen-bond donors (Lipinski definition) is 2. The number of nitrogens with zero attached hydrogens (tertiary/aromatic N) is 2. The SMILES string of the molecule is C=CCCN(CCC)c1ccc(CNCCCCNCc2ccc(N(CCC)CCC)cc2)cc1. The van der Waals surface area contributed by atoms with Crippen LogP contribution >= 0.6 is 0 Å². The third-order valence-corrected chi connectivity index (χ3v) is 6.30. The van der Waals surface area contributed by atoms with Crippen LogP contribution in [0.5, 0.6) is 0 Å². The first kappa shape index (κ1) is 28.9. The summed E-state index contributed by atoms with van der Waals surface area (Å²) in [6.45, 7) is 19.0. The number of anilines is 2. The average molecular weight is 479 g/mol. The van der Waals surface area contributed by atoms with Gasteiger partial charge in [0.1, 0.15) is 0 Å². The molecule has 0 amide bonds. The summed E-state index contributed by atoms with van der Waals surface area (Å²) in [5, 5.41) is 7.20. The summed E-state index contributed by atoms with van der Waals surface area (Å²) in [5.74, 6) is 0. The predicted octanol–water partition coefficient (Wildman–Crippen LogP) is 6.77. The second kappa shape index (κ2) is 18.0. The first-order valence-electron chi connectivity index (χ1n) is 13.9. The summed E-state index contributed by atoms with van der Waals surface area (Å²) in [4.78, 5) is 4.94. The summed E-state index contributed by atoms with van der Waals surface area (Å²) in [6, 6.07) is 18.1. The number of rotatable bonds is 20. The first-order chi connectivity index (χ1) is 17.2. The van der Waals surface area contributed by atoms with E-state index in [1.54, 1.807) is 0 Å². The molecule has 0 unspecified atom stereocenters. The molecule has 2 rings (SSSR count). The van der Waals surface area contributed by atoms with E-state index in [0.717, 1.165) is 58.8 Å². The maximum absolute atomic E-state index is 3.86. The Kier molecular flexibility index (Phi) is 14.9. The Labute approximate surface area is 215 Å². The van der Waals surface area contributed by atoms with Crippen LogP contribution < -0.4 is 20.4 Å². The lowest BCUT2D eigenvalue weighted by atomic mass is 10.1. The molecule has 2 aromatic carbocycles. The second-order valence-corrected chi connectivity index (χ2v) is 9.45. The molecular weight excluding hydrogens is 428 g/mol. The van der Waals surface area contributed by atoms with Gasteiger partial charge in [-0.05, 0) is 87.0 Å². The van der Waals surface area contributed by atoms with Crippen LogP contribution in [0.25, 0.3) is 0 Å². The quantitative estimate of drug-likeness (QED) is 0.162. The van der Waals surface area contributed by atoms with Gasteiger partial charge in [0.05, 0.1) is 0 Å². The van der Waals surface area contributed by atoms with Crippen LogP contribution in [0.4, 0.5) is 11.4 Å². The molecule has 35 heavy (non-hydrogen) atoms. The Bertz CT molecular complexity index is 779. The van der Waals surface area contributed by atoms with Crippen LogP contribution in [0.1, 0.15) is 70.4 Å². The highest BCUT2D eigenvalue weighted by atomic mass is 15.1. The summed E-state index contributed by atoms with van der Waals surface area (Å²) in [7, 11) is 0. The van der Waals surface area contributed by atoms with Crippen molar-refractivity contribution in [3.8, 4) is 0 Å². The van der Waals surface area contributed by atoms with Gasteiger partial charge >= 0.3 is 0 Å². The lowest BCUT2D eigenvalue weighted by Crippen LogP contribution is -2.25. The van der Waals surface area contributed by atoms with Crippen LogP contribution in [0, 0.1) is 0 Å². The van der Waals surface area contributed by atoms with Crippen molar-refractivity contribution >= 4 is 11.4 Å². The number of unbranched alkanes of at least 4 members (excludes halogenated alkanes) is 1. The third kappa shape index (κ3) is 11.3. The lowest BCUT2D eigenvalue weighted by Gasteiger charge is -2.24. The molecule has 0 atom stereocenters. The van der Waals surface area contributed by atoms with Crippen molar-refractivity contribution in [2.45, 2.75) is 72.4 Å². The number of benzene rings is 2. The Morgan fingerprint density at radius 1 is 0.629 bits per heavy atom. The maximum Gasteiger partial charge on any atom is 0.0366 e. The Balaban J connectivity index is 1.59. The summed E-state index contributed by atoms with van der Waals surface area (Å²) < 4.78 is 0. The van der Waals surface area contributed by atoms with Crippen molar-refractivity contribution in [1.82, 2.24) is 10.6 Å². The van der Waals surface area contributed by atoms with Gasteiger partial charge in [-0.15, -0.1) is 6.58 Å². The Hall–Kier alpha value is -2.30. The molecule has 0 heterocycles. The summed E-state index contributed by atoms with van der Waals surface area (Å²) in [6.07, 6.45) is 8.97. The van der Waals surface area contributed by atoms with Gasteiger partial charge in [0, 0.05) is 50.6 Å². The van der Waals surface area contributed by atoms with Gasteiger partial charge < -0.3 is 20.4 Å². The van der Waals surface area contributed by atoms with Gasteiger partial charge in [-0.25, -0.2) is 0 Å². The zero-order chi connectivity index (χ0) is 25.1. The largest absolute Gasteiger partial charge is 0.372 e. The van der Waals surface area contributed by atoms with E-state index in [9.17, 15) is 0 Å². The van der Waals surface area contributed by atoms with Gasteiger partial charge in [-0.1, -0.05) is 51.1 Å². The predicted molar refractivity (Wildman–Crippen MR) is 156 cm³/mol. The maximum atomic E-state index is 3.86. The van der Waals surface area contributed by atoms with Crippen LogP contribution in [-0.4, -0.2) is 39.3 Å². The molecule has 0 aliphatic carbocycles. The van der Waals surface area contributed by atoms with Crippen molar-refractivity contribution in [2.75, 3.05) is 49.1 Å². The van der Waals surface area contributed by atoms with Crippen molar-refractivity contribution < 1.29 is 0 Å². The van der Waals surface area contributed by atoms with E-state index in [1.165, 1.54) is 54.6 Å². The minimum atomic E-state index is 0.938. The number of nitrogens with one attached hydrogen (secondary N) is 2. The molecule has 0 aliphatic rings. The molecule has 194 valence electrons. The lowest BCUT2D eigenvalue weighted by molar-refractivity contribution is 0.582. The highest BCUT2D eigenvalue weighted by Crippen LogP contribution is 2.17. The van der Waals surface area contributed by atoms with Gasteiger partial charge in [-0.2, -0.15) is 0 Å². The topological polar surface area (TPSA) is 30.5 Å². The van der Waals surface area contributed by atoms with Gasteiger partial charge in [0.25, 0.3) is 0 Å². The van der Waals surface area contributed by atoms with E-state index < -0.39 is 0 Å². The minimum Gasteiger partial charge on any atom is -0.372 e. The zero-order valence-corrected chi connectivity index (χ0v) is 22.7. The Morgan fingerprint density at radius 3 is 1.40 bits per heavy atom. The molecule has 0 radical (unpaired) electrons. The van der Waals surface area contributed by atoms with Gasteiger partial charge in [0.15, 0.2) is 0 Å². The Morgan fingerprint density at radius 2 is 1.03 bits per heavy atom. The molecule has 4 nitrogen and oxygen atoms in total. The van der Waals surface area contributed by atoms with E-state index in [-0.39, 0.29) is 0 Å². The molecular formula is C31H50N4. The van der Waals surface area contributed by atoms with E-state index in [2.05, 4.69) is 96.3 Å². The summed E-state index contributed by atoms with van der Waals surface area (Å²) >= 11 is 0. The fourth-order valence-electron chi connectivity index (χ4n) is 4.41. The van der Waals surface area contributed by atoms with Crippen molar-refractivity contribution in [2.24, 2.45) is 0 Å². The van der Waals surface area contributed by atoms with Crippen LogP contribution in [0.2, 0.25) is 0 Å². The normalized spacial score (nSPS) is 10.9. The van der Waals surface area contributed by atoms with Crippen molar-refractivity contribution in [3.63, 3.8) is 0 Å². The molecule has 0 aliphatic heterocycles. The molecule has 2 aromatic rings. The average Bonchev–Trinajstić information content (AvgIpc) is 2.89. The smallest absolute Gasteiger partial charge is 0.0366 e. The molecule has 0 fully saturated rings. The van der Waals surface area contributed by atoms with Crippen LogP contribution in [-0.2, 0) is 13.1 Å². The van der Waals surface area contributed by atoms with Gasteiger partial charge in [0.2, 0.25) is 0 Å².